The van der Waals surface area contributed by atoms with Gasteiger partial charge < -0.3 is 21.1 Å². The molecule has 0 aromatic rings. The van der Waals surface area contributed by atoms with Crippen molar-refractivity contribution in [3.05, 3.63) is 0 Å². The molecule has 0 saturated heterocycles. The molecule has 0 aliphatic heterocycles. The molecule has 21 heavy (non-hydrogen) atoms. The van der Waals surface area contributed by atoms with E-state index in [2.05, 4.69) is 17.6 Å². The first kappa shape index (κ1) is 19.7. The maximum absolute atomic E-state index is 11.5. The van der Waals surface area contributed by atoms with E-state index >= 15 is 0 Å². The zero-order valence-electron chi connectivity index (χ0n) is 13.5. The highest BCUT2D eigenvalue weighted by molar-refractivity contribution is 5.86. The van der Waals surface area contributed by atoms with Crippen LogP contribution in [0.15, 0.2) is 0 Å². The lowest BCUT2D eigenvalue weighted by Crippen LogP contribution is -2.47. The van der Waals surface area contributed by atoms with Crippen molar-refractivity contribution in [1.82, 2.24) is 10.6 Å². The van der Waals surface area contributed by atoms with Gasteiger partial charge in [0.1, 0.15) is 6.04 Å². The van der Waals surface area contributed by atoms with Crippen molar-refractivity contribution in [3.8, 4) is 0 Å². The molecule has 0 saturated carbocycles. The van der Waals surface area contributed by atoms with Gasteiger partial charge in [0, 0.05) is 19.8 Å². The summed E-state index contributed by atoms with van der Waals surface area (Å²) in [5.74, 6) is -0.232. The van der Waals surface area contributed by atoms with Gasteiger partial charge in [-0.1, -0.05) is 39.0 Å². The number of ether oxygens (including phenoxy) is 1. The lowest BCUT2D eigenvalue weighted by molar-refractivity contribution is -0.122. The van der Waals surface area contributed by atoms with E-state index < -0.39 is 12.1 Å². The Bertz CT molecular complexity index is 285. The highest BCUT2D eigenvalue weighted by Crippen LogP contribution is 2.04. The van der Waals surface area contributed by atoms with Crippen LogP contribution in [0.3, 0.4) is 0 Å². The number of hydrogen-bond acceptors (Lipinski definition) is 3. The molecule has 6 nitrogen and oxygen atoms in total. The summed E-state index contributed by atoms with van der Waals surface area (Å²) in [6, 6.07) is -1.30. The average Bonchev–Trinajstić information content (AvgIpc) is 2.43. The van der Waals surface area contributed by atoms with Crippen molar-refractivity contribution in [2.75, 3.05) is 19.8 Å². The maximum Gasteiger partial charge on any atom is 0.312 e. The van der Waals surface area contributed by atoms with E-state index in [-0.39, 0.29) is 5.91 Å². The number of urea groups is 1. The topological polar surface area (TPSA) is 93.4 Å². The standard InChI is InChI=1S/C15H31N3O3/c1-3-4-5-6-7-8-11-21-12-9-10-17-14(19)13(2)18-15(16)20/h13H,3-12H2,1-2H3,(H,17,19)(H3,16,18,20). The number of unbranched alkanes of at least 4 members (excludes halogenated alkanes) is 5. The number of hydrogen-bond donors (Lipinski definition) is 3. The summed E-state index contributed by atoms with van der Waals surface area (Å²) < 4.78 is 5.51. The molecule has 0 fully saturated rings. The van der Waals surface area contributed by atoms with Crippen LogP contribution >= 0.6 is 0 Å². The summed E-state index contributed by atoms with van der Waals surface area (Å²) in [6.07, 6.45) is 8.31. The highest BCUT2D eigenvalue weighted by atomic mass is 16.5. The molecule has 0 aliphatic carbocycles. The number of amides is 3. The van der Waals surface area contributed by atoms with Gasteiger partial charge in [-0.2, -0.15) is 0 Å². The van der Waals surface area contributed by atoms with Crippen LogP contribution in [0.2, 0.25) is 0 Å². The molecule has 4 N–H and O–H groups in total. The molecule has 3 amide bonds. The minimum atomic E-state index is -0.695. The molecular formula is C15H31N3O3. The highest BCUT2D eigenvalue weighted by Gasteiger charge is 2.12. The van der Waals surface area contributed by atoms with Gasteiger partial charge in [0.15, 0.2) is 0 Å². The van der Waals surface area contributed by atoms with Crippen LogP contribution in [0.4, 0.5) is 4.79 Å². The Hall–Kier alpha value is -1.30. The smallest absolute Gasteiger partial charge is 0.312 e. The second kappa shape index (κ2) is 13.7. The van der Waals surface area contributed by atoms with Gasteiger partial charge >= 0.3 is 6.03 Å². The van der Waals surface area contributed by atoms with Crippen LogP contribution in [0.5, 0.6) is 0 Å². The van der Waals surface area contributed by atoms with Crippen LogP contribution in [0, 0.1) is 0 Å². The number of carbonyl (C=O) groups excluding carboxylic acids is 2. The van der Waals surface area contributed by atoms with E-state index in [0.29, 0.717) is 13.2 Å². The van der Waals surface area contributed by atoms with Gasteiger partial charge in [-0.25, -0.2) is 4.79 Å². The second-order valence-electron chi connectivity index (χ2n) is 5.25. The molecule has 0 aromatic heterocycles. The van der Waals surface area contributed by atoms with E-state index in [1.807, 2.05) is 0 Å². The zero-order valence-corrected chi connectivity index (χ0v) is 13.5. The Labute approximate surface area is 128 Å². The van der Waals surface area contributed by atoms with Gasteiger partial charge in [-0.3, -0.25) is 4.79 Å². The minimum absolute atomic E-state index is 0.232. The van der Waals surface area contributed by atoms with Crippen LogP contribution in [0.25, 0.3) is 0 Å². The Morgan fingerprint density at radius 2 is 1.67 bits per heavy atom. The van der Waals surface area contributed by atoms with E-state index in [0.717, 1.165) is 19.4 Å². The van der Waals surface area contributed by atoms with E-state index in [1.54, 1.807) is 6.92 Å². The predicted octanol–water partition coefficient (Wildman–Crippen LogP) is 1.93. The summed E-state index contributed by atoms with van der Waals surface area (Å²) in [5, 5.41) is 5.05. The Kier molecular flexibility index (Phi) is 12.8. The molecule has 6 heteroatoms. The average molecular weight is 301 g/mol. The Morgan fingerprint density at radius 1 is 1.05 bits per heavy atom. The van der Waals surface area contributed by atoms with Crippen molar-refractivity contribution in [2.45, 2.75) is 64.8 Å². The van der Waals surface area contributed by atoms with E-state index in [9.17, 15) is 9.59 Å². The van der Waals surface area contributed by atoms with E-state index in [4.69, 9.17) is 10.5 Å². The first-order valence-electron chi connectivity index (χ1n) is 7.99. The third kappa shape index (κ3) is 13.4. The van der Waals surface area contributed by atoms with Gasteiger partial charge in [-0.15, -0.1) is 0 Å². The fraction of sp³-hybridized carbons (Fsp3) is 0.867. The number of nitrogens with one attached hydrogen (secondary N) is 2. The minimum Gasteiger partial charge on any atom is -0.381 e. The molecule has 0 bridgehead atoms. The quantitative estimate of drug-likeness (QED) is 0.454. The summed E-state index contributed by atoms with van der Waals surface area (Å²) in [7, 11) is 0. The number of rotatable bonds is 13. The lowest BCUT2D eigenvalue weighted by Gasteiger charge is -2.12. The van der Waals surface area contributed by atoms with Gasteiger partial charge in [0.25, 0.3) is 0 Å². The molecule has 0 rings (SSSR count). The van der Waals surface area contributed by atoms with E-state index in [1.165, 1.54) is 32.1 Å². The van der Waals surface area contributed by atoms with Crippen molar-refractivity contribution in [1.29, 1.82) is 0 Å². The SMILES string of the molecule is CCCCCCCCOCCCNC(=O)C(C)NC(N)=O. The van der Waals surface area contributed by atoms with Crippen molar-refractivity contribution >= 4 is 11.9 Å². The third-order valence-corrected chi connectivity index (χ3v) is 3.16. The normalized spacial score (nSPS) is 11.9. The summed E-state index contributed by atoms with van der Waals surface area (Å²) in [5.41, 5.74) is 4.94. The van der Waals surface area contributed by atoms with Crippen LogP contribution in [-0.2, 0) is 9.53 Å². The molecule has 0 heterocycles. The summed E-state index contributed by atoms with van der Waals surface area (Å²) >= 11 is 0. The number of primary amides is 1. The number of carbonyl (C=O) groups is 2. The Morgan fingerprint density at radius 3 is 2.33 bits per heavy atom. The van der Waals surface area contributed by atoms with Crippen molar-refractivity contribution < 1.29 is 14.3 Å². The van der Waals surface area contributed by atoms with Crippen molar-refractivity contribution in [2.24, 2.45) is 5.73 Å². The van der Waals surface area contributed by atoms with Crippen molar-refractivity contribution in [3.63, 3.8) is 0 Å². The lowest BCUT2D eigenvalue weighted by atomic mass is 10.1. The molecule has 1 unspecified atom stereocenters. The predicted molar refractivity (Wildman–Crippen MR) is 84.0 cm³/mol. The van der Waals surface area contributed by atoms with Gasteiger partial charge in [0.2, 0.25) is 5.91 Å². The largest absolute Gasteiger partial charge is 0.381 e. The molecule has 124 valence electrons. The first-order valence-corrected chi connectivity index (χ1v) is 7.99. The fourth-order valence-electron chi connectivity index (χ4n) is 1.90. The third-order valence-electron chi connectivity index (χ3n) is 3.16. The molecule has 0 radical (unpaired) electrons. The zero-order chi connectivity index (χ0) is 15.9. The molecule has 1 atom stereocenters. The molecular weight excluding hydrogens is 270 g/mol. The maximum atomic E-state index is 11.5. The summed E-state index contributed by atoms with van der Waals surface area (Å²) in [4.78, 5) is 22.1. The molecule has 0 aromatic carbocycles. The van der Waals surface area contributed by atoms with Crippen LogP contribution < -0.4 is 16.4 Å². The first-order chi connectivity index (χ1) is 10.1. The van der Waals surface area contributed by atoms with Crippen LogP contribution in [-0.4, -0.2) is 37.7 Å². The summed E-state index contributed by atoms with van der Waals surface area (Å²) in [6.45, 7) is 5.79. The van der Waals surface area contributed by atoms with Crippen LogP contribution in [0.1, 0.15) is 58.8 Å². The number of nitrogens with two attached hydrogens (primary N) is 1. The fourth-order valence-corrected chi connectivity index (χ4v) is 1.90. The molecule has 0 aliphatic rings. The Balaban J connectivity index is 3.28. The molecule has 0 spiro atoms. The van der Waals surface area contributed by atoms with Gasteiger partial charge in [-0.05, 0) is 19.8 Å². The monoisotopic (exact) mass is 301 g/mol. The van der Waals surface area contributed by atoms with Gasteiger partial charge in [0.05, 0.1) is 0 Å². The second-order valence-corrected chi connectivity index (χ2v) is 5.25.